The summed E-state index contributed by atoms with van der Waals surface area (Å²) in [6.07, 6.45) is 4.23. The normalized spacial score (nSPS) is 39.5. The van der Waals surface area contributed by atoms with Gasteiger partial charge in [0, 0.05) is 18.6 Å². The molecule has 1 saturated carbocycles. The number of nitrogens with zero attached hydrogens (tertiary/aromatic N) is 1. The van der Waals surface area contributed by atoms with Gasteiger partial charge >= 0.3 is 0 Å². The number of hydrogen-bond donors (Lipinski definition) is 1. The molecule has 13 heavy (non-hydrogen) atoms. The Morgan fingerprint density at radius 2 is 2.08 bits per heavy atom. The molecule has 0 amide bonds. The third-order valence-corrected chi connectivity index (χ3v) is 3.69. The minimum absolute atomic E-state index is 0.836. The van der Waals surface area contributed by atoms with Gasteiger partial charge in [-0.25, -0.2) is 0 Å². The Kier molecular flexibility index (Phi) is 2.89. The van der Waals surface area contributed by atoms with Gasteiger partial charge in [0.25, 0.3) is 0 Å². The lowest BCUT2D eigenvalue weighted by atomic mass is 9.80. The standard InChI is InChI=1S/C11H22N2/c1-3-13(10-4-5-12-8-10)11-6-9(2)7-11/h9-12H,3-8H2,1-2H3. The van der Waals surface area contributed by atoms with E-state index >= 15 is 0 Å². The van der Waals surface area contributed by atoms with E-state index in [1.165, 1.54) is 38.9 Å². The first-order valence-corrected chi connectivity index (χ1v) is 5.77. The summed E-state index contributed by atoms with van der Waals surface area (Å²) in [6, 6.07) is 1.74. The van der Waals surface area contributed by atoms with Gasteiger partial charge in [0.15, 0.2) is 0 Å². The van der Waals surface area contributed by atoms with Gasteiger partial charge in [-0.15, -0.1) is 0 Å². The van der Waals surface area contributed by atoms with Crippen LogP contribution in [0.2, 0.25) is 0 Å². The van der Waals surface area contributed by atoms with Crippen molar-refractivity contribution in [2.24, 2.45) is 5.92 Å². The van der Waals surface area contributed by atoms with E-state index in [2.05, 4.69) is 24.1 Å². The van der Waals surface area contributed by atoms with Crippen LogP contribution in [0.1, 0.15) is 33.1 Å². The molecule has 1 atom stereocenters. The van der Waals surface area contributed by atoms with Crippen molar-refractivity contribution in [3.8, 4) is 0 Å². The Morgan fingerprint density at radius 3 is 2.54 bits per heavy atom. The van der Waals surface area contributed by atoms with Crippen molar-refractivity contribution in [2.75, 3.05) is 19.6 Å². The van der Waals surface area contributed by atoms with Crippen molar-refractivity contribution in [1.82, 2.24) is 10.2 Å². The Balaban J connectivity index is 1.85. The summed E-state index contributed by atoms with van der Waals surface area (Å²) in [4.78, 5) is 2.72. The maximum Gasteiger partial charge on any atom is 0.0235 e. The van der Waals surface area contributed by atoms with Gasteiger partial charge in [-0.05, 0) is 38.3 Å². The molecule has 76 valence electrons. The monoisotopic (exact) mass is 182 g/mol. The van der Waals surface area contributed by atoms with Crippen LogP contribution in [0.5, 0.6) is 0 Å². The summed E-state index contributed by atoms with van der Waals surface area (Å²) >= 11 is 0. The zero-order chi connectivity index (χ0) is 9.26. The fourth-order valence-electron chi connectivity index (χ4n) is 2.87. The van der Waals surface area contributed by atoms with E-state index in [1.54, 1.807) is 0 Å². The lowest BCUT2D eigenvalue weighted by Crippen LogP contribution is -2.49. The van der Waals surface area contributed by atoms with Crippen LogP contribution >= 0.6 is 0 Å². The van der Waals surface area contributed by atoms with Crippen LogP contribution in [-0.2, 0) is 0 Å². The topological polar surface area (TPSA) is 15.3 Å². The first-order valence-electron chi connectivity index (χ1n) is 5.77. The molecule has 0 spiro atoms. The van der Waals surface area contributed by atoms with E-state index in [0.717, 1.165) is 18.0 Å². The summed E-state index contributed by atoms with van der Waals surface area (Å²) in [7, 11) is 0. The fraction of sp³-hybridized carbons (Fsp3) is 1.00. The molecule has 1 N–H and O–H groups in total. The van der Waals surface area contributed by atoms with Crippen molar-refractivity contribution in [1.29, 1.82) is 0 Å². The van der Waals surface area contributed by atoms with Crippen molar-refractivity contribution >= 4 is 0 Å². The van der Waals surface area contributed by atoms with E-state index in [9.17, 15) is 0 Å². The SMILES string of the molecule is CCN(C1CCNC1)C1CC(C)C1. The molecule has 1 aliphatic heterocycles. The van der Waals surface area contributed by atoms with Crippen LogP contribution < -0.4 is 5.32 Å². The molecule has 1 heterocycles. The predicted molar refractivity (Wildman–Crippen MR) is 55.8 cm³/mol. The average molecular weight is 182 g/mol. The van der Waals surface area contributed by atoms with Gasteiger partial charge in [-0.3, -0.25) is 4.90 Å². The molecular weight excluding hydrogens is 160 g/mol. The summed E-state index contributed by atoms with van der Waals surface area (Å²) in [5, 5.41) is 3.46. The molecule has 2 heteroatoms. The molecule has 1 aliphatic carbocycles. The van der Waals surface area contributed by atoms with Crippen molar-refractivity contribution in [3.05, 3.63) is 0 Å². The Hall–Kier alpha value is -0.0800. The smallest absolute Gasteiger partial charge is 0.0235 e. The molecule has 0 aromatic heterocycles. The Bertz CT molecular complexity index is 157. The third kappa shape index (κ3) is 1.89. The molecule has 2 nitrogen and oxygen atoms in total. The maximum absolute atomic E-state index is 3.46. The molecule has 2 fully saturated rings. The second-order valence-corrected chi connectivity index (χ2v) is 4.71. The summed E-state index contributed by atoms with van der Waals surface area (Å²) in [6.45, 7) is 8.37. The van der Waals surface area contributed by atoms with Crippen molar-refractivity contribution in [2.45, 2.75) is 45.2 Å². The minimum Gasteiger partial charge on any atom is -0.315 e. The highest BCUT2D eigenvalue weighted by Crippen LogP contribution is 2.32. The van der Waals surface area contributed by atoms with Gasteiger partial charge in [-0.1, -0.05) is 13.8 Å². The molecule has 2 rings (SSSR count). The Morgan fingerprint density at radius 1 is 1.31 bits per heavy atom. The lowest BCUT2D eigenvalue weighted by molar-refractivity contribution is 0.0592. The van der Waals surface area contributed by atoms with Gasteiger partial charge in [0.05, 0.1) is 0 Å². The predicted octanol–water partition coefficient (Wildman–Crippen LogP) is 1.47. The van der Waals surface area contributed by atoms with Gasteiger partial charge < -0.3 is 5.32 Å². The van der Waals surface area contributed by atoms with E-state index < -0.39 is 0 Å². The fourth-order valence-corrected chi connectivity index (χ4v) is 2.87. The molecule has 0 radical (unpaired) electrons. The van der Waals surface area contributed by atoms with Crippen LogP contribution in [0.4, 0.5) is 0 Å². The van der Waals surface area contributed by atoms with E-state index in [0.29, 0.717) is 0 Å². The Labute approximate surface area is 81.7 Å². The zero-order valence-electron chi connectivity index (χ0n) is 8.92. The number of hydrogen-bond acceptors (Lipinski definition) is 2. The zero-order valence-corrected chi connectivity index (χ0v) is 8.92. The summed E-state index contributed by atoms with van der Waals surface area (Å²) in [5.41, 5.74) is 0. The van der Waals surface area contributed by atoms with E-state index in [-0.39, 0.29) is 0 Å². The second kappa shape index (κ2) is 3.97. The van der Waals surface area contributed by atoms with Gasteiger partial charge in [0.2, 0.25) is 0 Å². The van der Waals surface area contributed by atoms with Crippen molar-refractivity contribution < 1.29 is 0 Å². The number of rotatable bonds is 3. The van der Waals surface area contributed by atoms with Gasteiger partial charge in [0.1, 0.15) is 0 Å². The molecular formula is C11H22N2. The van der Waals surface area contributed by atoms with E-state index in [4.69, 9.17) is 0 Å². The first kappa shape index (κ1) is 9.47. The molecule has 0 bridgehead atoms. The van der Waals surface area contributed by atoms with Crippen molar-refractivity contribution in [3.63, 3.8) is 0 Å². The first-order chi connectivity index (χ1) is 6.31. The summed E-state index contributed by atoms with van der Waals surface area (Å²) < 4.78 is 0. The highest BCUT2D eigenvalue weighted by molar-refractivity contribution is 4.90. The third-order valence-electron chi connectivity index (χ3n) is 3.69. The number of likely N-dealkylation sites (N-methyl/N-ethyl adjacent to an activating group) is 1. The van der Waals surface area contributed by atoms with Crippen LogP contribution in [0, 0.1) is 5.92 Å². The largest absolute Gasteiger partial charge is 0.315 e. The second-order valence-electron chi connectivity index (χ2n) is 4.71. The lowest BCUT2D eigenvalue weighted by Gasteiger charge is -2.44. The number of nitrogens with one attached hydrogen (secondary N) is 1. The quantitative estimate of drug-likeness (QED) is 0.711. The highest BCUT2D eigenvalue weighted by atomic mass is 15.2. The summed E-state index contributed by atoms with van der Waals surface area (Å²) in [5.74, 6) is 0.980. The molecule has 2 aliphatic rings. The van der Waals surface area contributed by atoms with Crippen LogP contribution in [0.15, 0.2) is 0 Å². The van der Waals surface area contributed by atoms with Crippen LogP contribution in [0.25, 0.3) is 0 Å². The highest BCUT2D eigenvalue weighted by Gasteiger charge is 2.34. The molecule has 0 aromatic carbocycles. The molecule has 1 saturated heterocycles. The maximum atomic E-state index is 3.46. The van der Waals surface area contributed by atoms with E-state index in [1.807, 2.05) is 0 Å². The van der Waals surface area contributed by atoms with Crippen LogP contribution in [0.3, 0.4) is 0 Å². The molecule has 0 aromatic rings. The van der Waals surface area contributed by atoms with Crippen LogP contribution in [-0.4, -0.2) is 36.6 Å². The van der Waals surface area contributed by atoms with Gasteiger partial charge in [-0.2, -0.15) is 0 Å². The average Bonchev–Trinajstić information content (AvgIpc) is 2.55. The molecule has 1 unspecified atom stereocenters. The minimum atomic E-state index is 0.836.